The minimum Gasteiger partial charge on any atom is -0.359 e. The van der Waals surface area contributed by atoms with E-state index in [9.17, 15) is 4.79 Å². The molecule has 0 atom stereocenters. The molecule has 1 aliphatic heterocycles. The Morgan fingerprint density at radius 3 is 2.60 bits per heavy atom. The number of hydrogen-bond donors (Lipinski definition) is 2. The van der Waals surface area contributed by atoms with Crippen molar-refractivity contribution in [3.8, 4) is 0 Å². The second kappa shape index (κ2) is 8.73. The molecule has 1 aromatic heterocycles. The van der Waals surface area contributed by atoms with Gasteiger partial charge in [-0.15, -0.1) is 0 Å². The maximum absolute atomic E-state index is 11.5. The summed E-state index contributed by atoms with van der Waals surface area (Å²) in [6.45, 7) is 2.54. The minimum absolute atomic E-state index is 0.133. The molecule has 1 aliphatic rings. The molecule has 0 bridgehead atoms. The topological polar surface area (TPSA) is 77.8 Å². The van der Waals surface area contributed by atoms with Gasteiger partial charge in [0.05, 0.1) is 18.4 Å². The fourth-order valence-electron chi connectivity index (χ4n) is 3.23. The maximum Gasteiger partial charge on any atom is 0.220 e. The Kier molecular flexibility index (Phi) is 6.66. The number of likely N-dealkylation sites (tertiary alicyclic amines) is 1. The number of nitrogens with zero attached hydrogens (tertiary/aromatic N) is 5. The molecule has 8 heteroatoms. The fraction of sp³-hybridized carbons (Fsp3) is 0.706. The third kappa shape index (κ3) is 4.87. The van der Waals surface area contributed by atoms with Gasteiger partial charge in [0.1, 0.15) is 0 Å². The van der Waals surface area contributed by atoms with Crippen LogP contribution in [0.3, 0.4) is 0 Å². The quantitative estimate of drug-likeness (QED) is 0.595. The van der Waals surface area contributed by atoms with E-state index < -0.39 is 0 Å². The van der Waals surface area contributed by atoms with Gasteiger partial charge in [-0.3, -0.25) is 9.79 Å². The highest BCUT2D eigenvalue weighted by Gasteiger charge is 2.23. The standard InChI is InChI=1S/C17H31N7O/c1-18-15(25)10-13-6-8-24(9-7-13)16(19-2)20-11-14-12-21-17(22(3)4)23(14)5/h12-13H,6-11H2,1-5H3,(H,18,25)(H,19,20). The van der Waals surface area contributed by atoms with Gasteiger partial charge in [0, 0.05) is 54.7 Å². The molecule has 140 valence electrons. The van der Waals surface area contributed by atoms with E-state index in [2.05, 4.69) is 30.1 Å². The van der Waals surface area contributed by atoms with Crippen LogP contribution in [0.25, 0.3) is 0 Å². The minimum atomic E-state index is 0.133. The highest BCUT2D eigenvalue weighted by Crippen LogP contribution is 2.20. The van der Waals surface area contributed by atoms with E-state index >= 15 is 0 Å². The molecule has 1 saturated heterocycles. The number of guanidine groups is 1. The van der Waals surface area contributed by atoms with E-state index in [0.717, 1.165) is 43.5 Å². The van der Waals surface area contributed by atoms with Gasteiger partial charge in [0.15, 0.2) is 5.96 Å². The average Bonchev–Trinajstić information content (AvgIpc) is 2.97. The molecule has 0 aromatic carbocycles. The number of hydrogen-bond acceptors (Lipinski definition) is 4. The van der Waals surface area contributed by atoms with Crippen LogP contribution in [0.5, 0.6) is 0 Å². The summed E-state index contributed by atoms with van der Waals surface area (Å²) in [6.07, 6.45) is 4.55. The van der Waals surface area contributed by atoms with Crippen LogP contribution < -0.4 is 15.5 Å². The summed E-state index contributed by atoms with van der Waals surface area (Å²) in [7, 11) is 9.51. The second-order valence-electron chi connectivity index (χ2n) is 6.71. The molecular weight excluding hydrogens is 318 g/mol. The van der Waals surface area contributed by atoms with Crippen molar-refractivity contribution < 1.29 is 4.79 Å². The molecule has 8 nitrogen and oxygen atoms in total. The lowest BCUT2D eigenvalue weighted by atomic mass is 9.93. The number of imidazole rings is 1. The molecule has 25 heavy (non-hydrogen) atoms. The summed E-state index contributed by atoms with van der Waals surface area (Å²) >= 11 is 0. The third-order valence-electron chi connectivity index (χ3n) is 4.77. The summed E-state index contributed by atoms with van der Waals surface area (Å²) in [6, 6.07) is 0. The van der Waals surface area contributed by atoms with Crippen LogP contribution in [-0.4, -0.2) is 67.6 Å². The van der Waals surface area contributed by atoms with Gasteiger partial charge >= 0.3 is 0 Å². The van der Waals surface area contributed by atoms with Crippen LogP contribution in [0.4, 0.5) is 5.95 Å². The van der Waals surface area contributed by atoms with Gasteiger partial charge in [0.25, 0.3) is 0 Å². The lowest BCUT2D eigenvalue weighted by Gasteiger charge is -2.34. The summed E-state index contributed by atoms with van der Waals surface area (Å²) in [4.78, 5) is 24.6. The Morgan fingerprint density at radius 1 is 1.40 bits per heavy atom. The SMILES string of the molecule is CN=C(NCc1cnc(N(C)C)n1C)N1CCC(CC(=O)NC)CC1. The van der Waals surface area contributed by atoms with Crippen LogP contribution in [0.1, 0.15) is 25.0 Å². The van der Waals surface area contributed by atoms with Crippen LogP contribution in [-0.2, 0) is 18.4 Å². The first kappa shape index (κ1) is 19.1. The zero-order valence-electron chi connectivity index (χ0n) is 16.0. The third-order valence-corrected chi connectivity index (χ3v) is 4.77. The zero-order valence-corrected chi connectivity index (χ0v) is 16.0. The number of aliphatic imine (C=N–C) groups is 1. The van der Waals surface area contributed by atoms with Gasteiger partial charge < -0.3 is 25.0 Å². The van der Waals surface area contributed by atoms with Crippen LogP contribution >= 0.6 is 0 Å². The van der Waals surface area contributed by atoms with Crippen molar-refractivity contribution in [3.05, 3.63) is 11.9 Å². The first-order valence-electron chi connectivity index (χ1n) is 8.80. The Balaban J connectivity index is 1.86. The van der Waals surface area contributed by atoms with Crippen molar-refractivity contribution in [3.63, 3.8) is 0 Å². The number of nitrogens with one attached hydrogen (secondary N) is 2. The summed E-state index contributed by atoms with van der Waals surface area (Å²) in [5.74, 6) is 2.44. The highest BCUT2D eigenvalue weighted by molar-refractivity contribution is 5.80. The van der Waals surface area contributed by atoms with Gasteiger partial charge in [-0.25, -0.2) is 4.98 Å². The summed E-state index contributed by atoms with van der Waals surface area (Å²) in [5, 5.41) is 6.14. The second-order valence-corrected chi connectivity index (χ2v) is 6.71. The molecule has 1 aromatic rings. The molecule has 0 aliphatic carbocycles. The number of carbonyl (C=O) groups is 1. The molecule has 0 spiro atoms. The van der Waals surface area contributed by atoms with Crippen LogP contribution in [0, 0.1) is 5.92 Å². The Morgan fingerprint density at radius 2 is 2.08 bits per heavy atom. The number of amides is 1. The molecule has 2 N–H and O–H groups in total. The average molecular weight is 349 g/mol. The van der Waals surface area contributed by atoms with E-state index in [1.807, 2.05) is 39.3 Å². The molecule has 0 unspecified atom stereocenters. The van der Waals surface area contributed by atoms with Crippen molar-refractivity contribution in [2.45, 2.75) is 25.8 Å². The first-order valence-corrected chi connectivity index (χ1v) is 8.80. The van der Waals surface area contributed by atoms with Gasteiger partial charge in [0.2, 0.25) is 11.9 Å². The Hall–Kier alpha value is -2.25. The number of anilines is 1. The van der Waals surface area contributed by atoms with Crippen molar-refractivity contribution in [2.24, 2.45) is 18.0 Å². The predicted octanol–water partition coefficient (Wildman–Crippen LogP) is 0.410. The fourth-order valence-corrected chi connectivity index (χ4v) is 3.23. The highest BCUT2D eigenvalue weighted by atomic mass is 16.1. The van der Waals surface area contributed by atoms with Crippen molar-refractivity contribution in [1.29, 1.82) is 0 Å². The normalized spacial score (nSPS) is 16.0. The Bertz CT molecular complexity index is 600. The molecule has 2 rings (SSSR count). The van der Waals surface area contributed by atoms with E-state index in [4.69, 9.17) is 0 Å². The van der Waals surface area contributed by atoms with E-state index in [-0.39, 0.29) is 5.91 Å². The molecule has 2 heterocycles. The molecule has 0 radical (unpaired) electrons. The largest absolute Gasteiger partial charge is 0.359 e. The molecule has 1 fully saturated rings. The first-order chi connectivity index (χ1) is 12.0. The van der Waals surface area contributed by atoms with Crippen molar-refractivity contribution >= 4 is 17.8 Å². The number of carbonyl (C=O) groups excluding carboxylic acids is 1. The van der Waals surface area contributed by atoms with Gasteiger partial charge in [-0.2, -0.15) is 0 Å². The van der Waals surface area contributed by atoms with E-state index in [1.54, 1.807) is 7.05 Å². The number of piperidine rings is 1. The summed E-state index contributed by atoms with van der Waals surface area (Å²) in [5.41, 5.74) is 1.11. The van der Waals surface area contributed by atoms with E-state index in [0.29, 0.717) is 18.9 Å². The van der Waals surface area contributed by atoms with Gasteiger partial charge in [-0.05, 0) is 18.8 Å². The molecule has 0 saturated carbocycles. The monoisotopic (exact) mass is 349 g/mol. The van der Waals surface area contributed by atoms with Crippen LogP contribution in [0.15, 0.2) is 11.2 Å². The lowest BCUT2D eigenvalue weighted by Crippen LogP contribution is -2.45. The summed E-state index contributed by atoms with van der Waals surface area (Å²) < 4.78 is 2.08. The number of rotatable bonds is 5. The lowest BCUT2D eigenvalue weighted by molar-refractivity contribution is -0.121. The van der Waals surface area contributed by atoms with Gasteiger partial charge in [-0.1, -0.05) is 0 Å². The maximum atomic E-state index is 11.5. The smallest absolute Gasteiger partial charge is 0.220 e. The van der Waals surface area contributed by atoms with Crippen molar-refractivity contribution in [1.82, 2.24) is 25.1 Å². The molecular formula is C17H31N7O. The Labute approximate surface area is 150 Å². The number of aromatic nitrogens is 2. The van der Waals surface area contributed by atoms with Crippen LogP contribution in [0.2, 0.25) is 0 Å². The predicted molar refractivity (Wildman–Crippen MR) is 101 cm³/mol. The zero-order chi connectivity index (χ0) is 18.4. The van der Waals surface area contributed by atoms with Crippen molar-refractivity contribution in [2.75, 3.05) is 46.2 Å². The van der Waals surface area contributed by atoms with E-state index in [1.165, 1.54) is 0 Å². The molecule has 1 amide bonds.